The zero-order chi connectivity index (χ0) is 8.97. The summed E-state index contributed by atoms with van der Waals surface area (Å²) in [6, 6.07) is 9.41. The predicted molar refractivity (Wildman–Crippen MR) is 57.1 cm³/mol. The van der Waals surface area contributed by atoms with E-state index >= 15 is 0 Å². The Kier molecular flexibility index (Phi) is 3.68. The molecule has 1 aromatic carbocycles. The molecule has 0 heterocycles. The van der Waals surface area contributed by atoms with Crippen LogP contribution in [-0.2, 0) is 11.2 Å². The summed E-state index contributed by atoms with van der Waals surface area (Å²) in [7, 11) is 0. The minimum Gasteiger partial charge on any atom is -0.321 e. The topological polar surface area (TPSA) is 43.1 Å². The van der Waals surface area contributed by atoms with E-state index in [-0.39, 0.29) is 9.83 Å². The van der Waals surface area contributed by atoms with Crippen molar-refractivity contribution in [1.82, 2.24) is 0 Å². The Bertz CT molecular complexity index is 260. The first-order valence-corrected chi connectivity index (χ1v) is 4.77. The van der Waals surface area contributed by atoms with Crippen LogP contribution in [-0.4, -0.2) is 9.83 Å². The van der Waals surface area contributed by atoms with Gasteiger partial charge in [-0.1, -0.05) is 30.3 Å². The van der Waals surface area contributed by atoms with Gasteiger partial charge in [-0.3, -0.25) is 4.79 Å². The maximum Gasteiger partial charge on any atom is 0.209 e. The van der Waals surface area contributed by atoms with Crippen LogP contribution in [0.5, 0.6) is 0 Å². The van der Waals surface area contributed by atoms with Crippen LogP contribution in [0.4, 0.5) is 0 Å². The monoisotopic (exact) mass is 275 g/mol. The quantitative estimate of drug-likeness (QED) is 0.671. The second-order valence-corrected chi connectivity index (χ2v) is 3.66. The molecule has 0 fully saturated rings. The van der Waals surface area contributed by atoms with Crippen LogP contribution in [0.25, 0.3) is 0 Å². The van der Waals surface area contributed by atoms with Crippen molar-refractivity contribution in [2.45, 2.75) is 12.5 Å². The molecule has 2 N–H and O–H groups in total. The molecule has 0 aliphatic heterocycles. The maximum absolute atomic E-state index is 10.8. The molecule has 0 saturated heterocycles. The van der Waals surface area contributed by atoms with Crippen LogP contribution in [0.2, 0.25) is 0 Å². The van der Waals surface area contributed by atoms with Gasteiger partial charge in [-0.25, -0.2) is 0 Å². The highest BCUT2D eigenvalue weighted by Gasteiger charge is 2.09. The van der Waals surface area contributed by atoms with Gasteiger partial charge in [0.15, 0.2) is 0 Å². The fourth-order valence-electron chi connectivity index (χ4n) is 0.948. The standard InChI is InChI=1S/C9H10INO/c10-9(12)8(11)6-7-4-2-1-3-5-7/h1-5,8H,6,11H2/t8-/m0/s1. The summed E-state index contributed by atoms with van der Waals surface area (Å²) in [6.45, 7) is 0. The summed E-state index contributed by atoms with van der Waals surface area (Å²) in [6.07, 6.45) is 0.628. The van der Waals surface area contributed by atoms with Gasteiger partial charge in [-0.2, -0.15) is 0 Å². The van der Waals surface area contributed by atoms with Gasteiger partial charge in [0, 0.05) is 22.6 Å². The van der Waals surface area contributed by atoms with Crippen molar-refractivity contribution in [3.8, 4) is 0 Å². The Balaban J connectivity index is 2.58. The van der Waals surface area contributed by atoms with Crippen LogP contribution < -0.4 is 5.73 Å². The number of benzene rings is 1. The largest absolute Gasteiger partial charge is 0.321 e. The third-order valence-corrected chi connectivity index (χ3v) is 2.39. The average molecular weight is 275 g/mol. The Labute approximate surface area is 85.3 Å². The van der Waals surface area contributed by atoms with Crippen molar-refractivity contribution < 1.29 is 4.79 Å². The molecule has 0 bridgehead atoms. The van der Waals surface area contributed by atoms with E-state index in [1.54, 1.807) is 22.6 Å². The van der Waals surface area contributed by atoms with Crippen molar-refractivity contribution in [3.63, 3.8) is 0 Å². The molecule has 0 aromatic heterocycles. The van der Waals surface area contributed by atoms with Gasteiger partial charge < -0.3 is 5.73 Å². The van der Waals surface area contributed by atoms with Crippen molar-refractivity contribution >= 4 is 26.4 Å². The third-order valence-electron chi connectivity index (χ3n) is 1.59. The van der Waals surface area contributed by atoms with E-state index < -0.39 is 0 Å². The maximum atomic E-state index is 10.8. The molecule has 0 amide bonds. The smallest absolute Gasteiger partial charge is 0.209 e. The van der Waals surface area contributed by atoms with Crippen molar-refractivity contribution in [1.29, 1.82) is 0 Å². The fourth-order valence-corrected chi connectivity index (χ4v) is 1.17. The number of rotatable bonds is 3. The molecule has 1 aromatic rings. The molecule has 0 aliphatic rings. The lowest BCUT2D eigenvalue weighted by Crippen LogP contribution is -2.28. The average Bonchev–Trinajstić information content (AvgIpc) is 2.06. The van der Waals surface area contributed by atoms with E-state index in [1.165, 1.54) is 0 Å². The Morgan fingerprint density at radius 2 is 2.00 bits per heavy atom. The molecule has 1 atom stereocenters. The molecule has 0 spiro atoms. The summed E-state index contributed by atoms with van der Waals surface area (Å²) >= 11 is 1.73. The third kappa shape index (κ3) is 2.91. The number of carbonyl (C=O) groups excluding carboxylic acids is 1. The van der Waals surface area contributed by atoms with Gasteiger partial charge in [0.25, 0.3) is 0 Å². The summed E-state index contributed by atoms with van der Waals surface area (Å²) < 4.78 is 0.0106. The Hall–Kier alpha value is -0.420. The van der Waals surface area contributed by atoms with Crippen LogP contribution >= 0.6 is 22.6 Å². The first-order valence-electron chi connectivity index (χ1n) is 3.69. The van der Waals surface area contributed by atoms with Gasteiger partial charge in [0.1, 0.15) is 0 Å². The molecule has 2 nitrogen and oxygen atoms in total. The Morgan fingerprint density at radius 3 is 2.50 bits per heavy atom. The number of hydrogen-bond acceptors (Lipinski definition) is 2. The van der Waals surface area contributed by atoms with Crippen molar-refractivity contribution in [3.05, 3.63) is 35.9 Å². The van der Waals surface area contributed by atoms with E-state index in [0.29, 0.717) is 6.42 Å². The second kappa shape index (κ2) is 4.57. The zero-order valence-corrected chi connectivity index (χ0v) is 8.69. The summed E-state index contributed by atoms with van der Waals surface area (Å²) in [5, 5.41) is 0. The number of hydrogen-bond donors (Lipinski definition) is 1. The molecule has 0 unspecified atom stereocenters. The van der Waals surface area contributed by atoms with E-state index in [1.807, 2.05) is 30.3 Å². The summed E-state index contributed by atoms with van der Waals surface area (Å²) in [5.41, 5.74) is 6.70. The second-order valence-electron chi connectivity index (χ2n) is 2.60. The molecule has 3 heteroatoms. The number of nitrogens with two attached hydrogens (primary N) is 1. The Morgan fingerprint density at radius 1 is 1.42 bits per heavy atom. The molecule has 0 radical (unpaired) electrons. The molecule has 12 heavy (non-hydrogen) atoms. The van der Waals surface area contributed by atoms with E-state index in [0.717, 1.165) is 5.56 Å². The van der Waals surface area contributed by atoms with Gasteiger partial charge in [-0.15, -0.1) is 0 Å². The van der Waals surface area contributed by atoms with Gasteiger partial charge in [0.05, 0.1) is 6.04 Å². The highest BCUT2D eigenvalue weighted by Crippen LogP contribution is 2.04. The van der Waals surface area contributed by atoms with E-state index in [9.17, 15) is 4.79 Å². The first-order chi connectivity index (χ1) is 5.70. The number of halogens is 1. The zero-order valence-electron chi connectivity index (χ0n) is 6.53. The summed E-state index contributed by atoms with van der Waals surface area (Å²) in [5.74, 6) is 0. The van der Waals surface area contributed by atoms with Crippen LogP contribution in [0.15, 0.2) is 30.3 Å². The number of carbonyl (C=O) groups is 1. The SMILES string of the molecule is N[C@@H](Cc1ccccc1)C(=O)I. The lowest BCUT2D eigenvalue weighted by atomic mass is 10.1. The lowest BCUT2D eigenvalue weighted by molar-refractivity contribution is -0.110. The summed E-state index contributed by atoms with van der Waals surface area (Å²) in [4.78, 5) is 10.8. The van der Waals surface area contributed by atoms with Crippen molar-refractivity contribution in [2.75, 3.05) is 0 Å². The van der Waals surface area contributed by atoms with Crippen LogP contribution in [0.3, 0.4) is 0 Å². The van der Waals surface area contributed by atoms with Gasteiger partial charge in [0.2, 0.25) is 3.79 Å². The predicted octanol–water partition coefficient (Wildman–Crippen LogP) is 1.52. The normalized spacial score (nSPS) is 12.5. The molecular weight excluding hydrogens is 265 g/mol. The minimum atomic E-state index is -0.368. The van der Waals surface area contributed by atoms with Crippen LogP contribution in [0, 0.1) is 0 Å². The molecule has 1 rings (SSSR count). The van der Waals surface area contributed by atoms with Gasteiger partial charge >= 0.3 is 0 Å². The fraction of sp³-hybridized carbons (Fsp3) is 0.222. The molecule has 0 aliphatic carbocycles. The van der Waals surface area contributed by atoms with E-state index in [2.05, 4.69) is 0 Å². The van der Waals surface area contributed by atoms with Crippen molar-refractivity contribution in [2.24, 2.45) is 5.73 Å². The lowest BCUT2D eigenvalue weighted by Gasteiger charge is -2.05. The first kappa shape index (κ1) is 9.67. The minimum absolute atomic E-state index is 0.0106. The van der Waals surface area contributed by atoms with Gasteiger partial charge in [-0.05, 0) is 12.0 Å². The van der Waals surface area contributed by atoms with Crippen LogP contribution in [0.1, 0.15) is 5.56 Å². The molecule has 0 saturated carbocycles. The molecule has 64 valence electrons. The molecular formula is C9H10INO. The van der Waals surface area contributed by atoms with E-state index in [4.69, 9.17) is 5.73 Å². The highest BCUT2D eigenvalue weighted by molar-refractivity contribution is 14.1. The highest BCUT2D eigenvalue weighted by atomic mass is 127.